The monoisotopic (exact) mass is 261 g/mol. The molecule has 0 unspecified atom stereocenters. The van der Waals surface area contributed by atoms with Crippen LogP contribution in [0.15, 0.2) is 11.5 Å². The average Bonchev–Trinajstić information content (AvgIpc) is 2.60. The second-order valence-electron chi connectivity index (χ2n) is 3.84. The smallest absolute Gasteiger partial charge is 0.378 e. The predicted octanol–water partition coefficient (Wildman–Crippen LogP) is -1.73. The van der Waals surface area contributed by atoms with Gasteiger partial charge in [0.25, 0.3) is 5.60 Å². The van der Waals surface area contributed by atoms with Crippen molar-refractivity contribution in [3.63, 3.8) is 0 Å². The fraction of sp³-hybridized carbons (Fsp3) is 0.600. The lowest BCUT2D eigenvalue weighted by Gasteiger charge is -2.29. The van der Waals surface area contributed by atoms with E-state index in [0.29, 0.717) is 0 Å². The molecule has 1 aliphatic rings. The van der Waals surface area contributed by atoms with Crippen LogP contribution in [0.3, 0.4) is 0 Å². The highest BCUT2D eigenvalue weighted by atomic mass is 16.6. The van der Waals surface area contributed by atoms with Crippen molar-refractivity contribution in [2.75, 3.05) is 13.2 Å². The lowest BCUT2D eigenvalue weighted by atomic mass is 9.87. The molecular weight excluding hydrogens is 246 g/mol. The zero-order chi connectivity index (χ0) is 13.9. The Balaban J connectivity index is 3.14. The largest absolute Gasteiger partial charge is 0.505 e. The molecule has 102 valence electrons. The zero-order valence-electron chi connectivity index (χ0n) is 9.50. The van der Waals surface area contributed by atoms with E-state index in [0.717, 1.165) is 0 Å². The Morgan fingerprint density at radius 1 is 1.44 bits per heavy atom. The number of carbonyl (C=O) groups excluding carboxylic acids is 2. The number of cyclic esters (lactones) is 1. The molecule has 0 radical (unpaired) electrons. The van der Waals surface area contributed by atoms with Crippen molar-refractivity contribution in [2.45, 2.75) is 24.5 Å². The highest BCUT2D eigenvalue weighted by molar-refractivity contribution is 6.01. The number of ketones is 1. The third kappa shape index (κ3) is 2.05. The molecule has 0 saturated heterocycles. The molecular formula is C10H15NO7. The highest BCUT2D eigenvalue weighted by Crippen LogP contribution is 2.35. The normalized spacial score (nSPS) is 25.2. The van der Waals surface area contributed by atoms with Crippen molar-refractivity contribution < 1.29 is 34.8 Å². The molecule has 0 fully saturated rings. The number of esters is 1. The van der Waals surface area contributed by atoms with E-state index in [4.69, 9.17) is 10.8 Å². The number of nitrogens with two attached hydrogens (primary N) is 1. The highest BCUT2D eigenvalue weighted by Gasteiger charge is 2.58. The van der Waals surface area contributed by atoms with Crippen LogP contribution in [0.25, 0.3) is 0 Å². The Labute approximate surface area is 102 Å². The number of aliphatic hydroxyl groups is 4. The molecule has 0 aromatic carbocycles. The van der Waals surface area contributed by atoms with Crippen LogP contribution < -0.4 is 5.73 Å². The number of Topliss-reactive ketones (excluding diaryl/α,β-unsaturated/α-hetero) is 1. The van der Waals surface area contributed by atoms with Gasteiger partial charge in [0.1, 0.15) is 6.10 Å². The van der Waals surface area contributed by atoms with Crippen LogP contribution in [-0.4, -0.2) is 57.0 Å². The Bertz CT molecular complexity index is 392. The minimum absolute atomic E-state index is 0.182. The second-order valence-corrected chi connectivity index (χ2v) is 3.84. The van der Waals surface area contributed by atoms with Crippen molar-refractivity contribution in [1.82, 2.24) is 0 Å². The lowest BCUT2D eigenvalue weighted by molar-refractivity contribution is -0.173. The first-order chi connectivity index (χ1) is 8.41. The van der Waals surface area contributed by atoms with Crippen LogP contribution in [0, 0.1) is 0 Å². The summed E-state index contributed by atoms with van der Waals surface area (Å²) in [5, 5.41) is 37.3. The van der Waals surface area contributed by atoms with Gasteiger partial charge in [0.2, 0.25) is 5.76 Å². The van der Waals surface area contributed by atoms with E-state index in [9.17, 15) is 24.9 Å². The number of aliphatic hydroxyl groups excluding tert-OH is 4. The van der Waals surface area contributed by atoms with Crippen molar-refractivity contribution >= 4 is 11.8 Å². The van der Waals surface area contributed by atoms with Gasteiger partial charge in [0.05, 0.1) is 6.61 Å². The fourth-order valence-electron chi connectivity index (χ4n) is 1.69. The minimum Gasteiger partial charge on any atom is -0.505 e. The summed E-state index contributed by atoms with van der Waals surface area (Å²) in [6.45, 7) is -0.750. The predicted molar refractivity (Wildman–Crippen MR) is 57.5 cm³/mol. The molecule has 0 saturated carbocycles. The summed E-state index contributed by atoms with van der Waals surface area (Å²) in [4.78, 5) is 23.1. The Morgan fingerprint density at radius 3 is 2.44 bits per heavy atom. The quantitative estimate of drug-likeness (QED) is 0.354. The molecule has 1 heterocycles. The van der Waals surface area contributed by atoms with Gasteiger partial charge in [0.15, 0.2) is 11.5 Å². The van der Waals surface area contributed by atoms with E-state index >= 15 is 0 Å². The summed E-state index contributed by atoms with van der Waals surface area (Å²) in [5.41, 5.74) is 2.78. The standard InChI is InChI=1S/C10H15NO7/c11-3-1-2-5(13)10(6(14)4-12)8(16)7(15)9(17)18-10/h6,12,14-16H,1-4,11H2/t6-,10+/m0/s1. The van der Waals surface area contributed by atoms with E-state index in [1.54, 1.807) is 0 Å². The summed E-state index contributed by atoms with van der Waals surface area (Å²) < 4.78 is 4.57. The second kappa shape index (κ2) is 5.34. The maximum Gasteiger partial charge on any atom is 0.378 e. The molecule has 0 amide bonds. The van der Waals surface area contributed by atoms with Crippen LogP contribution in [0.4, 0.5) is 0 Å². The van der Waals surface area contributed by atoms with Gasteiger partial charge in [-0.15, -0.1) is 0 Å². The van der Waals surface area contributed by atoms with Crippen molar-refractivity contribution in [1.29, 1.82) is 0 Å². The van der Waals surface area contributed by atoms with Gasteiger partial charge in [-0.3, -0.25) is 4.79 Å². The third-order valence-electron chi connectivity index (χ3n) is 2.69. The first-order valence-electron chi connectivity index (χ1n) is 5.30. The fourth-order valence-corrected chi connectivity index (χ4v) is 1.69. The number of carbonyl (C=O) groups is 2. The number of hydrogen-bond acceptors (Lipinski definition) is 8. The van der Waals surface area contributed by atoms with E-state index in [1.165, 1.54) is 0 Å². The maximum absolute atomic E-state index is 11.9. The van der Waals surface area contributed by atoms with E-state index in [-0.39, 0.29) is 19.4 Å². The topological polar surface area (TPSA) is 150 Å². The van der Waals surface area contributed by atoms with Gasteiger partial charge >= 0.3 is 5.97 Å². The molecule has 0 spiro atoms. The lowest BCUT2D eigenvalue weighted by Crippen LogP contribution is -2.53. The zero-order valence-corrected chi connectivity index (χ0v) is 9.50. The van der Waals surface area contributed by atoms with Crippen LogP contribution in [0.5, 0.6) is 0 Å². The summed E-state index contributed by atoms with van der Waals surface area (Å²) in [6.07, 6.45) is -1.81. The summed E-state index contributed by atoms with van der Waals surface area (Å²) in [5.74, 6) is -4.41. The Hall–Kier alpha value is -1.64. The molecule has 0 aromatic heterocycles. The number of ether oxygens (including phenoxy) is 1. The van der Waals surface area contributed by atoms with Crippen LogP contribution in [-0.2, 0) is 14.3 Å². The molecule has 2 atom stereocenters. The van der Waals surface area contributed by atoms with Crippen molar-refractivity contribution in [3.05, 3.63) is 11.5 Å². The first-order valence-corrected chi connectivity index (χ1v) is 5.30. The first kappa shape index (κ1) is 14.4. The summed E-state index contributed by atoms with van der Waals surface area (Å²) in [7, 11) is 0. The van der Waals surface area contributed by atoms with Crippen molar-refractivity contribution in [2.24, 2.45) is 5.73 Å². The minimum atomic E-state index is -2.44. The maximum atomic E-state index is 11.9. The van der Waals surface area contributed by atoms with Gasteiger partial charge in [-0.1, -0.05) is 0 Å². The van der Waals surface area contributed by atoms with Crippen LogP contribution >= 0.6 is 0 Å². The Morgan fingerprint density at radius 2 is 2.06 bits per heavy atom. The molecule has 6 N–H and O–H groups in total. The average molecular weight is 261 g/mol. The van der Waals surface area contributed by atoms with Crippen molar-refractivity contribution in [3.8, 4) is 0 Å². The number of rotatable bonds is 6. The van der Waals surface area contributed by atoms with Gasteiger partial charge in [0, 0.05) is 6.42 Å². The van der Waals surface area contributed by atoms with E-state index in [1.807, 2.05) is 0 Å². The summed E-state index contributed by atoms with van der Waals surface area (Å²) >= 11 is 0. The SMILES string of the molecule is NCCCC(=O)[C@]1([C@@H](O)CO)OC(=O)C(O)=C1O. The van der Waals surface area contributed by atoms with Crippen LogP contribution in [0.2, 0.25) is 0 Å². The van der Waals surface area contributed by atoms with E-state index < -0.39 is 41.6 Å². The summed E-state index contributed by atoms with van der Waals surface area (Å²) in [6, 6.07) is 0. The van der Waals surface area contributed by atoms with Gasteiger partial charge in [-0.05, 0) is 13.0 Å². The number of hydrogen-bond donors (Lipinski definition) is 5. The Kier molecular flexibility index (Phi) is 4.28. The van der Waals surface area contributed by atoms with Crippen LogP contribution in [0.1, 0.15) is 12.8 Å². The molecule has 18 heavy (non-hydrogen) atoms. The molecule has 0 bridgehead atoms. The molecule has 0 aromatic rings. The molecule has 8 heteroatoms. The molecule has 8 nitrogen and oxygen atoms in total. The van der Waals surface area contributed by atoms with Gasteiger partial charge < -0.3 is 30.9 Å². The molecule has 1 rings (SSSR count). The van der Waals surface area contributed by atoms with Gasteiger partial charge in [-0.25, -0.2) is 4.79 Å². The molecule has 1 aliphatic heterocycles. The molecule has 0 aliphatic carbocycles. The van der Waals surface area contributed by atoms with E-state index in [2.05, 4.69) is 4.74 Å². The van der Waals surface area contributed by atoms with Gasteiger partial charge in [-0.2, -0.15) is 0 Å². The third-order valence-corrected chi connectivity index (χ3v) is 2.69.